The van der Waals surface area contributed by atoms with E-state index in [4.69, 9.17) is 10.2 Å². The first-order valence-corrected chi connectivity index (χ1v) is 7.88. The first-order chi connectivity index (χ1) is 10.2. The molecule has 2 unspecified atom stereocenters. The van der Waals surface area contributed by atoms with Crippen LogP contribution in [-0.2, 0) is 19.2 Å². The van der Waals surface area contributed by atoms with Gasteiger partial charge in [0.15, 0.2) is 0 Å². The van der Waals surface area contributed by atoms with E-state index in [2.05, 4.69) is 17.9 Å². The molecule has 1 fully saturated rings. The highest BCUT2D eigenvalue weighted by Crippen LogP contribution is 2.25. The Kier molecular flexibility index (Phi) is 9.86. The summed E-state index contributed by atoms with van der Waals surface area (Å²) in [4.78, 5) is 41.8. The molecular weight excluding hydrogens is 332 g/mol. The lowest BCUT2D eigenvalue weighted by Crippen LogP contribution is -2.40. The summed E-state index contributed by atoms with van der Waals surface area (Å²) in [7, 11) is 0. The average molecular weight is 352 g/mol. The molecule has 0 aliphatic carbocycles. The molecule has 1 rings (SSSR count). The van der Waals surface area contributed by atoms with E-state index in [1.807, 2.05) is 0 Å². The molecule has 1 amide bonds. The van der Waals surface area contributed by atoms with Gasteiger partial charge in [0.05, 0.1) is 0 Å². The molecule has 8 nitrogen and oxygen atoms in total. The second kappa shape index (κ2) is 10.5. The second-order valence-corrected chi connectivity index (χ2v) is 6.09. The molecule has 0 aromatic heterocycles. The van der Waals surface area contributed by atoms with Crippen molar-refractivity contribution in [3.63, 3.8) is 0 Å². The number of rotatable bonds is 5. The minimum absolute atomic E-state index is 0.0526. The third kappa shape index (κ3) is 8.25. The fraction of sp³-hybridized carbons (Fsp3) is 0.667. The zero-order chi connectivity index (χ0) is 17.3. The number of hydrogen-bond donors (Lipinski definition) is 4. The number of carbonyl (C=O) groups excluding carboxylic acids is 2. The Morgan fingerprint density at radius 2 is 1.91 bits per heavy atom. The SMILES string of the molecule is CC(=O)NC(CS)C(=O)O.CC(=O)SN1CCCC1C(=O)O. The quantitative estimate of drug-likeness (QED) is 0.410. The molecule has 0 aromatic rings. The number of carbonyl (C=O) groups is 4. The first kappa shape index (κ1) is 20.7. The van der Waals surface area contributed by atoms with Crippen LogP contribution in [0.4, 0.5) is 0 Å². The van der Waals surface area contributed by atoms with Crippen LogP contribution >= 0.6 is 24.6 Å². The summed E-state index contributed by atoms with van der Waals surface area (Å²) in [6, 6.07) is -1.35. The van der Waals surface area contributed by atoms with Crippen LogP contribution < -0.4 is 5.32 Å². The summed E-state index contributed by atoms with van der Waals surface area (Å²) in [5, 5.41) is 19.3. The maximum Gasteiger partial charge on any atom is 0.327 e. The number of nitrogens with zero attached hydrogens (tertiary/aromatic N) is 1. The molecule has 0 spiro atoms. The Balaban J connectivity index is 0.000000409. The molecule has 126 valence electrons. The molecule has 0 bridgehead atoms. The highest BCUT2D eigenvalue weighted by Gasteiger charge is 2.31. The fourth-order valence-corrected chi connectivity index (χ4v) is 2.81. The maximum absolute atomic E-state index is 10.7. The summed E-state index contributed by atoms with van der Waals surface area (Å²) in [6.45, 7) is 3.41. The van der Waals surface area contributed by atoms with Crippen LogP contribution in [0.15, 0.2) is 0 Å². The molecular formula is C12H20N2O6S2. The van der Waals surface area contributed by atoms with E-state index in [9.17, 15) is 19.2 Å². The molecule has 0 aromatic carbocycles. The van der Waals surface area contributed by atoms with Gasteiger partial charge < -0.3 is 15.5 Å². The van der Waals surface area contributed by atoms with Gasteiger partial charge in [0, 0.05) is 26.1 Å². The summed E-state index contributed by atoms with van der Waals surface area (Å²) in [6.07, 6.45) is 1.51. The predicted molar refractivity (Wildman–Crippen MR) is 84.7 cm³/mol. The lowest BCUT2D eigenvalue weighted by molar-refractivity contribution is -0.141. The van der Waals surface area contributed by atoms with Crippen molar-refractivity contribution in [2.75, 3.05) is 12.3 Å². The molecule has 0 saturated carbocycles. The molecule has 1 aliphatic heterocycles. The van der Waals surface area contributed by atoms with Crippen LogP contribution in [0.1, 0.15) is 26.7 Å². The van der Waals surface area contributed by atoms with E-state index in [-0.39, 0.29) is 16.8 Å². The van der Waals surface area contributed by atoms with E-state index >= 15 is 0 Å². The Morgan fingerprint density at radius 1 is 1.32 bits per heavy atom. The Hall–Kier alpha value is -1.26. The van der Waals surface area contributed by atoms with Gasteiger partial charge in [0.2, 0.25) is 11.0 Å². The van der Waals surface area contributed by atoms with E-state index in [1.165, 1.54) is 13.8 Å². The summed E-state index contributed by atoms with van der Waals surface area (Å²) >= 11 is 4.75. The van der Waals surface area contributed by atoms with Gasteiger partial charge in [-0.3, -0.25) is 14.4 Å². The first-order valence-electron chi connectivity index (χ1n) is 6.47. The van der Waals surface area contributed by atoms with Gasteiger partial charge in [-0.25, -0.2) is 9.10 Å². The molecule has 1 aliphatic rings. The van der Waals surface area contributed by atoms with Gasteiger partial charge in [0.25, 0.3) is 0 Å². The standard InChI is InChI=1S/C7H11NO3S.C5H9NO3S/c1-5(9)12-8-4-2-3-6(8)7(10)11;1-3(7)6-4(2-10)5(8)9/h6H,2-4H2,1H3,(H,10,11);4,10H,2H2,1H3,(H,6,7)(H,8,9). The topological polar surface area (TPSA) is 124 Å². The normalized spacial score (nSPS) is 18.8. The van der Waals surface area contributed by atoms with Crippen LogP contribution in [0, 0.1) is 0 Å². The van der Waals surface area contributed by atoms with Crippen LogP contribution in [-0.4, -0.2) is 61.9 Å². The van der Waals surface area contributed by atoms with Crippen molar-refractivity contribution in [3.05, 3.63) is 0 Å². The van der Waals surface area contributed by atoms with Crippen molar-refractivity contribution in [2.24, 2.45) is 0 Å². The van der Waals surface area contributed by atoms with E-state index in [1.54, 1.807) is 4.31 Å². The van der Waals surface area contributed by atoms with Gasteiger partial charge >= 0.3 is 11.9 Å². The number of carboxylic acids is 2. The maximum atomic E-state index is 10.7. The Bertz CT molecular complexity index is 432. The van der Waals surface area contributed by atoms with Crippen LogP contribution in [0.5, 0.6) is 0 Å². The van der Waals surface area contributed by atoms with Gasteiger partial charge in [-0.15, -0.1) is 0 Å². The number of carboxylic acid groups (broad SMARTS) is 2. The molecule has 0 radical (unpaired) electrons. The van der Waals surface area contributed by atoms with E-state index in [0.29, 0.717) is 13.0 Å². The van der Waals surface area contributed by atoms with Crippen molar-refractivity contribution < 1.29 is 29.4 Å². The second-order valence-electron chi connectivity index (χ2n) is 4.49. The van der Waals surface area contributed by atoms with Crippen molar-refractivity contribution in [1.82, 2.24) is 9.62 Å². The monoisotopic (exact) mass is 352 g/mol. The third-order valence-corrected chi connectivity index (χ3v) is 3.89. The summed E-state index contributed by atoms with van der Waals surface area (Å²) in [5.74, 6) is -2.15. The third-order valence-electron chi connectivity index (χ3n) is 2.59. The van der Waals surface area contributed by atoms with E-state index in [0.717, 1.165) is 18.4 Å². The van der Waals surface area contributed by atoms with Gasteiger partial charge in [-0.2, -0.15) is 12.6 Å². The van der Waals surface area contributed by atoms with Gasteiger partial charge in [0.1, 0.15) is 12.1 Å². The zero-order valence-corrected chi connectivity index (χ0v) is 14.0. The van der Waals surface area contributed by atoms with Gasteiger partial charge in [-0.05, 0) is 24.8 Å². The van der Waals surface area contributed by atoms with Crippen molar-refractivity contribution in [2.45, 2.75) is 38.8 Å². The van der Waals surface area contributed by atoms with Crippen molar-refractivity contribution in [1.29, 1.82) is 0 Å². The zero-order valence-electron chi connectivity index (χ0n) is 12.3. The highest BCUT2D eigenvalue weighted by molar-refractivity contribution is 8.11. The summed E-state index contributed by atoms with van der Waals surface area (Å²) < 4.78 is 1.64. The highest BCUT2D eigenvalue weighted by atomic mass is 32.2. The van der Waals surface area contributed by atoms with Crippen LogP contribution in [0.2, 0.25) is 0 Å². The van der Waals surface area contributed by atoms with E-state index < -0.39 is 24.0 Å². The van der Waals surface area contributed by atoms with Crippen LogP contribution in [0.3, 0.4) is 0 Å². The smallest absolute Gasteiger partial charge is 0.327 e. The molecule has 3 N–H and O–H groups in total. The number of aliphatic carboxylic acids is 2. The lowest BCUT2D eigenvalue weighted by Gasteiger charge is -2.17. The van der Waals surface area contributed by atoms with Crippen molar-refractivity contribution in [3.8, 4) is 0 Å². The average Bonchev–Trinajstić information content (AvgIpc) is 2.83. The van der Waals surface area contributed by atoms with Gasteiger partial charge in [-0.1, -0.05) is 0 Å². The predicted octanol–water partition coefficient (Wildman–Crippen LogP) is 0.236. The minimum Gasteiger partial charge on any atom is -0.480 e. The minimum atomic E-state index is -1.06. The van der Waals surface area contributed by atoms with Crippen LogP contribution in [0.25, 0.3) is 0 Å². The molecule has 22 heavy (non-hydrogen) atoms. The number of amides is 1. The summed E-state index contributed by atoms with van der Waals surface area (Å²) in [5.41, 5.74) is 0. The molecule has 1 saturated heterocycles. The molecule has 2 atom stereocenters. The van der Waals surface area contributed by atoms with Crippen molar-refractivity contribution >= 4 is 47.5 Å². The molecule has 1 heterocycles. The largest absolute Gasteiger partial charge is 0.480 e. The lowest BCUT2D eigenvalue weighted by atomic mass is 10.2. The fourth-order valence-electron chi connectivity index (χ4n) is 1.69. The Morgan fingerprint density at radius 3 is 2.23 bits per heavy atom. The molecule has 10 heteroatoms. The number of thiol groups is 1. The number of nitrogens with one attached hydrogen (secondary N) is 1. The number of hydrogen-bond acceptors (Lipinski definition) is 7. The Labute approximate surface area is 138 Å².